The number of likely N-dealkylation sites (N-methyl/N-ethyl adjacent to an activating group) is 1. The van der Waals surface area contributed by atoms with Crippen LogP contribution in [0.5, 0.6) is 5.75 Å². The molecule has 1 aliphatic heterocycles. The summed E-state index contributed by atoms with van der Waals surface area (Å²) in [5, 5.41) is 0. The molecule has 2 aromatic carbocycles. The van der Waals surface area contributed by atoms with E-state index in [9.17, 15) is 12.8 Å². The lowest BCUT2D eigenvalue weighted by Gasteiger charge is -2.27. The van der Waals surface area contributed by atoms with Crippen LogP contribution in [0.15, 0.2) is 41.3 Å². The summed E-state index contributed by atoms with van der Waals surface area (Å²) in [7, 11) is -1.89. The van der Waals surface area contributed by atoms with Gasteiger partial charge in [0.25, 0.3) is 10.0 Å². The molecule has 0 amide bonds. The Bertz CT molecular complexity index is 852. The summed E-state index contributed by atoms with van der Waals surface area (Å²) in [5.74, 6) is 0.0670. The predicted octanol–water partition coefficient (Wildman–Crippen LogP) is 2.76. The highest BCUT2D eigenvalue weighted by Crippen LogP contribution is 2.33. The summed E-state index contributed by atoms with van der Waals surface area (Å²) in [6, 6.07) is 8.92. The number of anilines is 2. The van der Waals surface area contributed by atoms with Gasteiger partial charge in [-0.05, 0) is 36.8 Å². The lowest BCUT2D eigenvalue weighted by molar-refractivity contribution is 0.310. The van der Waals surface area contributed by atoms with Gasteiger partial charge in [0.1, 0.15) is 18.2 Å². The Morgan fingerprint density at radius 1 is 1.22 bits per heavy atom. The first kappa shape index (κ1) is 15.6. The second-order valence-corrected chi connectivity index (χ2v) is 7.15. The first-order valence-corrected chi connectivity index (χ1v) is 8.62. The van der Waals surface area contributed by atoms with Gasteiger partial charge in [0, 0.05) is 13.1 Å². The van der Waals surface area contributed by atoms with Crippen LogP contribution in [0.4, 0.5) is 15.8 Å². The molecule has 0 bridgehead atoms. The lowest BCUT2D eigenvalue weighted by atomic mass is 10.2. The fraction of sp³-hybridized carbons (Fsp3) is 0.250. The molecule has 7 heteroatoms. The van der Waals surface area contributed by atoms with E-state index in [1.807, 2.05) is 11.9 Å². The predicted molar refractivity (Wildman–Crippen MR) is 87.2 cm³/mol. The number of rotatable bonds is 3. The molecule has 0 aromatic heterocycles. The van der Waals surface area contributed by atoms with E-state index in [4.69, 9.17) is 4.74 Å². The van der Waals surface area contributed by atoms with Gasteiger partial charge in [-0.25, -0.2) is 12.8 Å². The van der Waals surface area contributed by atoms with Crippen LogP contribution >= 0.6 is 0 Å². The monoisotopic (exact) mass is 336 g/mol. The SMILES string of the molecule is Cc1ccc(NS(=O)(=O)c2ccc3c(c2)OCCN3C)cc1F. The van der Waals surface area contributed by atoms with E-state index in [-0.39, 0.29) is 10.6 Å². The van der Waals surface area contributed by atoms with Crippen LogP contribution in [-0.2, 0) is 10.0 Å². The Morgan fingerprint density at radius 3 is 2.74 bits per heavy atom. The van der Waals surface area contributed by atoms with Crippen molar-refractivity contribution in [1.82, 2.24) is 0 Å². The number of nitrogens with zero attached hydrogens (tertiary/aromatic N) is 1. The molecular formula is C16H17FN2O3S. The lowest BCUT2D eigenvalue weighted by Crippen LogP contribution is -2.29. The minimum absolute atomic E-state index is 0.0764. The highest BCUT2D eigenvalue weighted by molar-refractivity contribution is 7.92. The van der Waals surface area contributed by atoms with Crippen LogP contribution < -0.4 is 14.4 Å². The third-order valence-electron chi connectivity index (χ3n) is 3.76. The third kappa shape index (κ3) is 3.10. The van der Waals surface area contributed by atoms with E-state index >= 15 is 0 Å². The average molecular weight is 336 g/mol. The van der Waals surface area contributed by atoms with E-state index in [0.29, 0.717) is 17.9 Å². The topological polar surface area (TPSA) is 58.6 Å². The molecule has 5 nitrogen and oxygen atoms in total. The number of fused-ring (bicyclic) bond motifs is 1. The van der Waals surface area contributed by atoms with Gasteiger partial charge in [0.05, 0.1) is 22.8 Å². The van der Waals surface area contributed by atoms with Gasteiger partial charge >= 0.3 is 0 Å². The van der Waals surface area contributed by atoms with Gasteiger partial charge in [-0.3, -0.25) is 4.72 Å². The summed E-state index contributed by atoms with van der Waals surface area (Å²) < 4.78 is 46.4. The van der Waals surface area contributed by atoms with Crippen molar-refractivity contribution in [2.24, 2.45) is 0 Å². The van der Waals surface area contributed by atoms with Crippen molar-refractivity contribution in [3.05, 3.63) is 47.8 Å². The van der Waals surface area contributed by atoms with E-state index in [2.05, 4.69) is 4.72 Å². The quantitative estimate of drug-likeness (QED) is 0.936. The summed E-state index contributed by atoms with van der Waals surface area (Å²) in [5.41, 5.74) is 1.48. The smallest absolute Gasteiger partial charge is 0.262 e. The molecule has 0 spiro atoms. The van der Waals surface area contributed by atoms with Crippen LogP contribution in [0.3, 0.4) is 0 Å². The van der Waals surface area contributed by atoms with E-state index < -0.39 is 15.8 Å². The molecule has 23 heavy (non-hydrogen) atoms. The molecule has 1 aliphatic rings. The largest absolute Gasteiger partial charge is 0.490 e. The molecule has 0 fully saturated rings. The molecule has 3 rings (SSSR count). The van der Waals surface area contributed by atoms with Gasteiger partial charge in [0.2, 0.25) is 0 Å². The number of benzene rings is 2. The average Bonchev–Trinajstić information content (AvgIpc) is 2.51. The number of sulfonamides is 1. The number of hydrogen-bond acceptors (Lipinski definition) is 4. The Morgan fingerprint density at radius 2 is 2.00 bits per heavy atom. The molecular weight excluding hydrogens is 319 g/mol. The normalized spacial score (nSPS) is 14.1. The van der Waals surface area contributed by atoms with E-state index in [0.717, 1.165) is 18.3 Å². The molecule has 1 N–H and O–H groups in total. The zero-order valence-electron chi connectivity index (χ0n) is 12.8. The van der Waals surface area contributed by atoms with Crippen molar-refractivity contribution in [2.75, 3.05) is 29.8 Å². The highest BCUT2D eigenvalue weighted by Gasteiger charge is 2.21. The van der Waals surface area contributed by atoms with Crippen LogP contribution in [0, 0.1) is 12.7 Å². The maximum atomic E-state index is 13.6. The van der Waals surface area contributed by atoms with Gasteiger partial charge in [-0.15, -0.1) is 0 Å². The zero-order chi connectivity index (χ0) is 16.6. The van der Waals surface area contributed by atoms with E-state index in [1.165, 1.54) is 24.3 Å². The Balaban J connectivity index is 1.92. The molecule has 2 aromatic rings. The van der Waals surface area contributed by atoms with Crippen molar-refractivity contribution in [3.8, 4) is 5.75 Å². The highest BCUT2D eigenvalue weighted by atomic mass is 32.2. The zero-order valence-corrected chi connectivity index (χ0v) is 13.7. The first-order valence-electron chi connectivity index (χ1n) is 7.14. The summed E-state index contributed by atoms with van der Waals surface area (Å²) in [6.45, 7) is 2.87. The number of halogens is 1. The van der Waals surface area contributed by atoms with Crippen molar-refractivity contribution >= 4 is 21.4 Å². The Kier molecular flexibility index (Phi) is 3.89. The van der Waals surface area contributed by atoms with E-state index in [1.54, 1.807) is 13.0 Å². The van der Waals surface area contributed by atoms with Crippen molar-refractivity contribution < 1.29 is 17.5 Å². The molecule has 0 saturated heterocycles. The standard InChI is InChI=1S/C16H17FN2O3S/c1-11-3-4-12(9-14(11)17)18-23(20,21)13-5-6-15-16(10-13)22-8-7-19(15)2/h3-6,9-10,18H,7-8H2,1-2H3. The molecule has 122 valence electrons. The van der Waals surface area contributed by atoms with Crippen LogP contribution in [-0.4, -0.2) is 28.6 Å². The minimum atomic E-state index is -3.81. The molecule has 0 saturated carbocycles. The number of aryl methyl sites for hydroxylation is 1. The maximum absolute atomic E-state index is 13.6. The van der Waals surface area contributed by atoms with Crippen molar-refractivity contribution in [3.63, 3.8) is 0 Å². The van der Waals surface area contributed by atoms with Gasteiger partial charge < -0.3 is 9.64 Å². The fourth-order valence-electron chi connectivity index (χ4n) is 2.38. The second-order valence-electron chi connectivity index (χ2n) is 5.47. The molecule has 0 radical (unpaired) electrons. The number of hydrogen-bond donors (Lipinski definition) is 1. The Labute approximate surface area is 134 Å². The summed E-state index contributed by atoms with van der Waals surface area (Å²) in [4.78, 5) is 2.07. The van der Waals surface area contributed by atoms with Crippen LogP contribution in [0.2, 0.25) is 0 Å². The first-order chi connectivity index (χ1) is 10.9. The Hall–Kier alpha value is -2.28. The summed E-state index contributed by atoms with van der Waals surface area (Å²) in [6.07, 6.45) is 0. The van der Waals surface area contributed by atoms with Gasteiger partial charge in [-0.2, -0.15) is 0 Å². The van der Waals surface area contributed by atoms with Crippen molar-refractivity contribution in [2.45, 2.75) is 11.8 Å². The molecule has 0 unspecified atom stereocenters. The van der Waals surface area contributed by atoms with Gasteiger partial charge in [0.15, 0.2) is 0 Å². The van der Waals surface area contributed by atoms with Crippen LogP contribution in [0.25, 0.3) is 0 Å². The minimum Gasteiger partial charge on any atom is -0.490 e. The van der Waals surface area contributed by atoms with Gasteiger partial charge in [-0.1, -0.05) is 6.07 Å². The molecule has 1 heterocycles. The second kappa shape index (κ2) is 5.73. The maximum Gasteiger partial charge on any atom is 0.262 e. The van der Waals surface area contributed by atoms with Crippen molar-refractivity contribution in [1.29, 1.82) is 0 Å². The third-order valence-corrected chi connectivity index (χ3v) is 5.14. The fourth-order valence-corrected chi connectivity index (χ4v) is 3.44. The summed E-state index contributed by atoms with van der Waals surface area (Å²) >= 11 is 0. The van der Waals surface area contributed by atoms with Crippen LogP contribution in [0.1, 0.15) is 5.56 Å². The number of nitrogens with one attached hydrogen (secondary N) is 1. The molecule has 0 aliphatic carbocycles. The number of ether oxygens (including phenoxy) is 1. The molecule has 0 atom stereocenters.